The maximum atomic E-state index is 13.2. The van der Waals surface area contributed by atoms with Crippen molar-refractivity contribution in [2.24, 2.45) is 11.8 Å². The predicted molar refractivity (Wildman–Crippen MR) is 91.1 cm³/mol. The van der Waals surface area contributed by atoms with E-state index in [0.29, 0.717) is 19.4 Å². The zero-order chi connectivity index (χ0) is 18.8. The van der Waals surface area contributed by atoms with Crippen molar-refractivity contribution < 1.29 is 22.4 Å². The highest BCUT2D eigenvalue weighted by atomic mass is 19.4. The van der Waals surface area contributed by atoms with Crippen LogP contribution in [-0.2, 0) is 10.2 Å². The maximum absolute atomic E-state index is 13.2. The van der Waals surface area contributed by atoms with Gasteiger partial charge in [0.15, 0.2) is 0 Å². The number of nitrogens with one attached hydrogen (secondary N) is 1. The number of rotatable bonds is 4. The molecule has 0 bridgehead atoms. The van der Waals surface area contributed by atoms with Gasteiger partial charge in [0.1, 0.15) is 5.82 Å². The SMILES string of the molecule is O=C(NCC1(c2ccc(F)cc2)CCCC1)C1CCCC(C(F)(F)F)C1. The largest absolute Gasteiger partial charge is 0.391 e. The Bertz CT molecular complexity index is 620. The van der Waals surface area contributed by atoms with Gasteiger partial charge in [0, 0.05) is 17.9 Å². The summed E-state index contributed by atoms with van der Waals surface area (Å²) in [7, 11) is 0. The quantitative estimate of drug-likeness (QED) is 0.731. The minimum Gasteiger partial charge on any atom is -0.355 e. The Hall–Kier alpha value is -1.59. The molecule has 0 aromatic heterocycles. The van der Waals surface area contributed by atoms with Crippen LogP contribution in [-0.4, -0.2) is 18.6 Å². The summed E-state index contributed by atoms with van der Waals surface area (Å²) in [4.78, 5) is 12.5. The summed E-state index contributed by atoms with van der Waals surface area (Å²) < 4.78 is 52.1. The molecule has 0 radical (unpaired) electrons. The van der Waals surface area contributed by atoms with E-state index in [2.05, 4.69) is 5.32 Å². The lowest BCUT2D eigenvalue weighted by atomic mass is 9.78. The zero-order valence-electron chi connectivity index (χ0n) is 14.7. The minimum absolute atomic E-state index is 0.112. The smallest absolute Gasteiger partial charge is 0.355 e. The number of amides is 1. The molecule has 0 heterocycles. The van der Waals surface area contributed by atoms with Crippen molar-refractivity contribution in [1.29, 1.82) is 0 Å². The van der Waals surface area contributed by atoms with E-state index in [4.69, 9.17) is 0 Å². The normalized spacial score (nSPS) is 25.8. The Balaban J connectivity index is 1.64. The van der Waals surface area contributed by atoms with E-state index in [1.165, 1.54) is 12.1 Å². The molecule has 2 saturated carbocycles. The van der Waals surface area contributed by atoms with Gasteiger partial charge in [-0.1, -0.05) is 31.4 Å². The number of carbonyl (C=O) groups excluding carboxylic acids is 1. The summed E-state index contributed by atoms with van der Waals surface area (Å²) in [5, 5.41) is 2.92. The first-order valence-electron chi connectivity index (χ1n) is 9.41. The van der Waals surface area contributed by atoms with Crippen molar-refractivity contribution in [3.05, 3.63) is 35.6 Å². The van der Waals surface area contributed by atoms with Crippen molar-refractivity contribution in [3.8, 4) is 0 Å². The van der Waals surface area contributed by atoms with Gasteiger partial charge >= 0.3 is 6.18 Å². The van der Waals surface area contributed by atoms with Crippen LogP contribution in [0.5, 0.6) is 0 Å². The van der Waals surface area contributed by atoms with E-state index >= 15 is 0 Å². The fraction of sp³-hybridized carbons (Fsp3) is 0.650. The first kappa shape index (κ1) is 19.2. The van der Waals surface area contributed by atoms with Crippen LogP contribution in [0.2, 0.25) is 0 Å². The molecule has 2 aliphatic carbocycles. The third-order valence-corrected chi connectivity index (χ3v) is 6.13. The molecule has 2 nitrogen and oxygen atoms in total. The second-order valence-corrected chi connectivity index (χ2v) is 7.81. The number of benzene rings is 1. The maximum Gasteiger partial charge on any atom is 0.391 e. The van der Waals surface area contributed by atoms with Crippen molar-refractivity contribution >= 4 is 5.91 Å². The van der Waals surface area contributed by atoms with E-state index in [-0.39, 0.29) is 30.0 Å². The monoisotopic (exact) mass is 371 g/mol. The lowest BCUT2D eigenvalue weighted by Gasteiger charge is -2.33. The molecule has 144 valence electrons. The van der Waals surface area contributed by atoms with Crippen LogP contribution in [0.1, 0.15) is 56.9 Å². The first-order valence-corrected chi connectivity index (χ1v) is 9.41. The zero-order valence-corrected chi connectivity index (χ0v) is 14.7. The molecule has 1 aromatic carbocycles. The summed E-state index contributed by atoms with van der Waals surface area (Å²) >= 11 is 0. The van der Waals surface area contributed by atoms with Gasteiger partial charge < -0.3 is 5.32 Å². The third kappa shape index (κ3) is 4.21. The number of hydrogen-bond donors (Lipinski definition) is 1. The number of hydrogen-bond acceptors (Lipinski definition) is 1. The van der Waals surface area contributed by atoms with Crippen LogP contribution in [0, 0.1) is 17.7 Å². The van der Waals surface area contributed by atoms with Gasteiger partial charge in [0.05, 0.1) is 5.92 Å². The highest BCUT2D eigenvalue weighted by molar-refractivity contribution is 5.78. The van der Waals surface area contributed by atoms with Crippen molar-refractivity contribution in [2.45, 2.75) is 63.0 Å². The highest BCUT2D eigenvalue weighted by Gasteiger charge is 2.44. The first-order chi connectivity index (χ1) is 12.3. The average Bonchev–Trinajstić information content (AvgIpc) is 3.10. The van der Waals surface area contributed by atoms with Crippen LogP contribution in [0.25, 0.3) is 0 Å². The minimum atomic E-state index is -4.22. The topological polar surface area (TPSA) is 29.1 Å². The molecule has 0 saturated heterocycles. The van der Waals surface area contributed by atoms with Gasteiger partial charge in [-0.3, -0.25) is 4.79 Å². The molecule has 2 fully saturated rings. The molecule has 1 amide bonds. The van der Waals surface area contributed by atoms with E-state index in [1.54, 1.807) is 12.1 Å². The predicted octanol–water partition coefficient (Wildman–Crippen LogP) is 5.12. The summed E-state index contributed by atoms with van der Waals surface area (Å²) in [6.07, 6.45) is 0.599. The summed E-state index contributed by atoms with van der Waals surface area (Å²) in [5.74, 6) is -2.51. The van der Waals surface area contributed by atoms with Gasteiger partial charge in [0.25, 0.3) is 0 Å². The van der Waals surface area contributed by atoms with Crippen LogP contribution >= 0.6 is 0 Å². The lowest BCUT2D eigenvalue weighted by Crippen LogP contribution is -2.43. The lowest BCUT2D eigenvalue weighted by molar-refractivity contribution is -0.186. The molecule has 2 aliphatic rings. The van der Waals surface area contributed by atoms with Gasteiger partial charge in [-0.2, -0.15) is 13.2 Å². The van der Waals surface area contributed by atoms with E-state index in [1.807, 2.05) is 0 Å². The molecule has 2 atom stereocenters. The summed E-state index contributed by atoms with van der Waals surface area (Å²) in [6, 6.07) is 6.36. The van der Waals surface area contributed by atoms with E-state index in [0.717, 1.165) is 31.2 Å². The molecule has 6 heteroatoms. The van der Waals surface area contributed by atoms with Gasteiger partial charge in [-0.05, 0) is 49.8 Å². The molecule has 0 aliphatic heterocycles. The van der Waals surface area contributed by atoms with Crippen molar-refractivity contribution in [2.75, 3.05) is 6.54 Å². The Morgan fingerprint density at radius 1 is 1.08 bits per heavy atom. The van der Waals surface area contributed by atoms with Crippen LogP contribution in [0.4, 0.5) is 17.6 Å². The molecular formula is C20H25F4NO. The van der Waals surface area contributed by atoms with Crippen LogP contribution < -0.4 is 5.32 Å². The molecule has 1 N–H and O–H groups in total. The number of alkyl halides is 3. The fourth-order valence-electron chi connectivity index (χ4n) is 4.55. The Morgan fingerprint density at radius 2 is 1.73 bits per heavy atom. The molecule has 26 heavy (non-hydrogen) atoms. The van der Waals surface area contributed by atoms with Gasteiger partial charge in [0.2, 0.25) is 5.91 Å². The summed E-state index contributed by atoms with van der Waals surface area (Å²) in [5.41, 5.74) is 0.759. The molecule has 2 unspecified atom stereocenters. The molecule has 3 rings (SSSR count). The fourth-order valence-corrected chi connectivity index (χ4v) is 4.55. The van der Waals surface area contributed by atoms with Crippen molar-refractivity contribution in [1.82, 2.24) is 5.32 Å². The van der Waals surface area contributed by atoms with Crippen LogP contribution in [0.15, 0.2) is 24.3 Å². The second-order valence-electron chi connectivity index (χ2n) is 7.81. The van der Waals surface area contributed by atoms with E-state index in [9.17, 15) is 22.4 Å². The third-order valence-electron chi connectivity index (χ3n) is 6.13. The standard InChI is InChI=1S/C20H25F4NO/c21-17-8-6-15(7-9-17)19(10-1-2-11-19)13-25-18(26)14-4-3-5-16(12-14)20(22,23)24/h6-9,14,16H,1-5,10-13H2,(H,25,26). The Morgan fingerprint density at radius 3 is 2.35 bits per heavy atom. The van der Waals surface area contributed by atoms with Gasteiger partial charge in [-0.25, -0.2) is 4.39 Å². The molecule has 1 aromatic rings. The van der Waals surface area contributed by atoms with Crippen LogP contribution in [0.3, 0.4) is 0 Å². The Labute approximate surface area is 151 Å². The molecular weight excluding hydrogens is 346 g/mol. The average molecular weight is 371 g/mol. The van der Waals surface area contributed by atoms with Gasteiger partial charge in [-0.15, -0.1) is 0 Å². The molecule has 0 spiro atoms. The Kier molecular flexibility index (Phi) is 5.58. The second kappa shape index (κ2) is 7.57. The summed E-state index contributed by atoms with van der Waals surface area (Å²) in [6.45, 7) is 0.407. The number of halogens is 4. The highest BCUT2D eigenvalue weighted by Crippen LogP contribution is 2.42. The van der Waals surface area contributed by atoms with Crippen molar-refractivity contribution in [3.63, 3.8) is 0 Å². The van der Waals surface area contributed by atoms with E-state index < -0.39 is 18.0 Å². The number of carbonyl (C=O) groups is 1.